The zero-order valence-corrected chi connectivity index (χ0v) is 22.1. The molecule has 198 valence electrons. The number of carbonyl (C=O) groups excluding carboxylic acids is 1. The Morgan fingerprint density at radius 1 is 1.08 bits per heavy atom. The van der Waals surface area contributed by atoms with Crippen molar-refractivity contribution in [2.75, 3.05) is 25.1 Å². The van der Waals surface area contributed by atoms with E-state index < -0.39 is 0 Å². The predicted molar refractivity (Wildman–Crippen MR) is 152 cm³/mol. The third-order valence-corrected chi connectivity index (χ3v) is 6.65. The van der Waals surface area contributed by atoms with E-state index >= 15 is 0 Å². The number of ether oxygens (including phenoxy) is 1. The number of carbonyl (C=O) groups is 1. The second-order valence-electron chi connectivity index (χ2n) is 9.24. The summed E-state index contributed by atoms with van der Waals surface area (Å²) in [6.45, 7) is 5.43. The van der Waals surface area contributed by atoms with E-state index in [1.54, 1.807) is 17.0 Å². The van der Waals surface area contributed by atoms with Gasteiger partial charge in [-0.3, -0.25) is 4.79 Å². The smallest absolute Gasteiger partial charge is 0.214 e. The van der Waals surface area contributed by atoms with Crippen molar-refractivity contribution in [3.05, 3.63) is 101 Å². The molecule has 0 saturated heterocycles. The first-order chi connectivity index (χ1) is 18.5. The van der Waals surface area contributed by atoms with Crippen molar-refractivity contribution in [1.29, 1.82) is 0 Å². The van der Waals surface area contributed by atoms with Gasteiger partial charge in [0.2, 0.25) is 6.41 Å². The molecular weight excluding hydrogens is 478 g/mol. The second-order valence-corrected chi connectivity index (χ2v) is 9.24. The maximum atomic E-state index is 12.3. The molecule has 4 rings (SSSR count). The molecule has 1 aliphatic rings. The van der Waals surface area contributed by atoms with Gasteiger partial charge in [-0.15, -0.1) is 0 Å². The van der Waals surface area contributed by atoms with Crippen LogP contribution in [0.4, 0.5) is 5.69 Å². The van der Waals surface area contributed by atoms with Gasteiger partial charge in [-0.25, -0.2) is 5.84 Å². The Balaban J connectivity index is 1.59. The van der Waals surface area contributed by atoms with Gasteiger partial charge in [0.1, 0.15) is 0 Å². The first-order valence-electron chi connectivity index (χ1n) is 12.7. The lowest BCUT2D eigenvalue weighted by Crippen LogP contribution is -2.33. The number of hydrogen-bond donors (Lipinski definition) is 2. The number of hydrogen-bond acceptors (Lipinski definition) is 7. The van der Waals surface area contributed by atoms with Crippen molar-refractivity contribution in [3.8, 4) is 0 Å². The van der Waals surface area contributed by atoms with E-state index in [2.05, 4.69) is 5.16 Å². The molecule has 4 N–H and O–H groups in total. The molecule has 1 amide bonds. The molecule has 1 atom stereocenters. The number of hydrazine groups is 1. The number of nitrogens with two attached hydrogens (primary N) is 2. The molecule has 8 nitrogen and oxygen atoms in total. The Labute approximate surface area is 224 Å². The Hall–Kier alpha value is -4.14. The number of nitrogens with zero attached hydrogens (tertiary/aromatic N) is 3. The van der Waals surface area contributed by atoms with Gasteiger partial charge in [0.05, 0.1) is 35.9 Å². The standard InChI is InChI=1S/C30H35N5O3/c1-4-35(32)30(25-10-6-5-9-21(25)2)29(31)26-11-7-8-12-28(26)34(20-36)18-24-17-27(33-38-24)23-15-13-22(14-16-23)19-37-3/h5-16,20,24H,4,17-19,31-32H2,1-3H3/b30-29-. The summed E-state index contributed by atoms with van der Waals surface area (Å²) in [4.78, 5) is 19.7. The molecule has 0 fully saturated rings. The fourth-order valence-corrected chi connectivity index (χ4v) is 4.60. The van der Waals surface area contributed by atoms with E-state index in [1.165, 1.54) is 0 Å². The Kier molecular flexibility index (Phi) is 8.78. The van der Waals surface area contributed by atoms with Gasteiger partial charge in [0.25, 0.3) is 0 Å². The van der Waals surface area contributed by atoms with Gasteiger partial charge in [-0.1, -0.05) is 71.9 Å². The Bertz CT molecular complexity index is 1320. The van der Waals surface area contributed by atoms with E-state index in [0.717, 1.165) is 39.9 Å². The lowest BCUT2D eigenvalue weighted by atomic mass is 9.99. The minimum Gasteiger partial charge on any atom is -0.396 e. The first kappa shape index (κ1) is 26.9. The number of benzene rings is 3. The minimum atomic E-state index is -0.287. The molecule has 3 aromatic carbocycles. The highest BCUT2D eigenvalue weighted by Crippen LogP contribution is 2.32. The van der Waals surface area contributed by atoms with E-state index in [0.29, 0.717) is 43.2 Å². The zero-order chi connectivity index (χ0) is 27.1. The largest absolute Gasteiger partial charge is 0.396 e. The van der Waals surface area contributed by atoms with Gasteiger partial charge in [0, 0.05) is 31.2 Å². The second kappa shape index (κ2) is 12.4. The summed E-state index contributed by atoms with van der Waals surface area (Å²) in [6, 6.07) is 23.6. The van der Waals surface area contributed by atoms with E-state index in [1.807, 2.05) is 86.6 Å². The fourth-order valence-electron chi connectivity index (χ4n) is 4.60. The summed E-state index contributed by atoms with van der Waals surface area (Å²) >= 11 is 0. The summed E-state index contributed by atoms with van der Waals surface area (Å²) in [5, 5.41) is 5.94. The number of para-hydroxylation sites is 1. The summed E-state index contributed by atoms with van der Waals surface area (Å²) in [5.74, 6) is 6.41. The van der Waals surface area contributed by atoms with Crippen molar-refractivity contribution in [3.63, 3.8) is 0 Å². The first-order valence-corrected chi connectivity index (χ1v) is 12.7. The lowest BCUT2D eigenvalue weighted by molar-refractivity contribution is -0.107. The Morgan fingerprint density at radius 3 is 2.42 bits per heavy atom. The summed E-state index contributed by atoms with van der Waals surface area (Å²) in [5.41, 5.74) is 14.3. The van der Waals surface area contributed by atoms with Crippen molar-refractivity contribution >= 4 is 29.2 Å². The topological polar surface area (TPSA) is 106 Å². The van der Waals surface area contributed by atoms with Crippen molar-refractivity contribution < 1.29 is 14.4 Å². The quantitative estimate of drug-likeness (QED) is 0.172. The monoisotopic (exact) mass is 513 g/mol. The fraction of sp³-hybridized carbons (Fsp3) is 0.267. The third kappa shape index (κ3) is 5.88. The molecule has 38 heavy (non-hydrogen) atoms. The molecule has 0 bridgehead atoms. The maximum absolute atomic E-state index is 12.3. The summed E-state index contributed by atoms with van der Waals surface area (Å²) in [7, 11) is 1.67. The lowest BCUT2D eigenvalue weighted by Gasteiger charge is -2.27. The molecule has 0 aliphatic carbocycles. The molecule has 0 saturated carbocycles. The number of methoxy groups -OCH3 is 1. The van der Waals surface area contributed by atoms with Crippen LogP contribution in [0.2, 0.25) is 0 Å². The van der Waals surface area contributed by atoms with Crippen LogP contribution in [0.15, 0.2) is 78.0 Å². The maximum Gasteiger partial charge on any atom is 0.214 e. The molecule has 1 aliphatic heterocycles. The number of aryl methyl sites for hydroxylation is 1. The van der Waals surface area contributed by atoms with E-state index in [4.69, 9.17) is 21.2 Å². The van der Waals surface area contributed by atoms with Crippen LogP contribution in [0.25, 0.3) is 11.4 Å². The normalized spacial score (nSPS) is 15.4. The molecule has 0 radical (unpaired) electrons. The number of oxime groups is 1. The van der Waals surface area contributed by atoms with Crippen LogP contribution in [-0.2, 0) is 21.0 Å². The van der Waals surface area contributed by atoms with Crippen LogP contribution in [0.3, 0.4) is 0 Å². The van der Waals surface area contributed by atoms with Crippen LogP contribution in [0.1, 0.15) is 41.2 Å². The van der Waals surface area contributed by atoms with Gasteiger partial charge in [-0.05, 0) is 36.6 Å². The SMILES string of the molecule is CCN(N)/C(=C(\N)c1ccccc1N(C=O)CC1CC(c2ccc(COC)cc2)=NO1)c1ccccc1C. The Morgan fingerprint density at radius 2 is 1.76 bits per heavy atom. The molecule has 8 heteroatoms. The van der Waals surface area contributed by atoms with E-state index in [-0.39, 0.29) is 6.10 Å². The molecular formula is C30H35N5O3. The molecule has 3 aromatic rings. The van der Waals surface area contributed by atoms with Crippen LogP contribution < -0.4 is 16.5 Å². The predicted octanol–water partition coefficient (Wildman–Crippen LogP) is 4.28. The molecule has 0 aromatic heterocycles. The van der Waals surface area contributed by atoms with Gasteiger partial charge >= 0.3 is 0 Å². The highest BCUT2D eigenvalue weighted by molar-refractivity contribution is 6.01. The highest BCUT2D eigenvalue weighted by atomic mass is 16.6. The molecule has 0 spiro atoms. The molecule has 1 heterocycles. The van der Waals surface area contributed by atoms with Gasteiger partial charge in [-0.2, -0.15) is 0 Å². The number of rotatable bonds is 11. The van der Waals surface area contributed by atoms with Gasteiger partial charge in [0.15, 0.2) is 6.10 Å². The van der Waals surface area contributed by atoms with Crippen molar-refractivity contribution in [1.82, 2.24) is 5.01 Å². The third-order valence-electron chi connectivity index (χ3n) is 6.65. The average Bonchev–Trinajstić information content (AvgIpc) is 3.42. The summed E-state index contributed by atoms with van der Waals surface area (Å²) in [6.07, 6.45) is 1.10. The van der Waals surface area contributed by atoms with E-state index in [9.17, 15) is 4.79 Å². The molecule has 1 unspecified atom stereocenters. The summed E-state index contributed by atoms with van der Waals surface area (Å²) < 4.78 is 5.18. The van der Waals surface area contributed by atoms with Crippen LogP contribution in [0.5, 0.6) is 0 Å². The minimum absolute atomic E-state index is 0.287. The van der Waals surface area contributed by atoms with Crippen molar-refractivity contribution in [2.45, 2.75) is 33.0 Å². The highest BCUT2D eigenvalue weighted by Gasteiger charge is 2.26. The van der Waals surface area contributed by atoms with Crippen LogP contribution in [-0.4, -0.2) is 43.4 Å². The number of amides is 1. The number of anilines is 1. The van der Waals surface area contributed by atoms with Crippen molar-refractivity contribution in [2.24, 2.45) is 16.7 Å². The van der Waals surface area contributed by atoms with Gasteiger partial charge < -0.3 is 25.2 Å². The van der Waals surface area contributed by atoms with Crippen LogP contribution >= 0.6 is 0 Å². The van der Waals surface area contributed by atoms with Crippen LogP contribution in [0, 0.1) is 6.92 Å². The zero-order valence-electron chi connectivity index (χ0n) is 22.1. The average molecular weight is 514 g/mol.